The molecule has 0 aromatic heterocycles. The van der Waals surface area contributed by atoms with Crippen LogP contribution in [0.5, 0.6) is 0 Å². The second-order valence-corrected chi connectivity index (χ2v) is 5.53. The minimum absolute atomic E-state index is 0. The van der Waals surface area contributed by atoms with Gasteiger partial charge in [-0.25, -0.2) is 0 Å². The van der Waals surface area contributed by atoms with Crippen molar-refractivity contribution < 1.29 is 13.2 Å². The summed E-state index contributed by atoms with van der Waals surface area (Å²) in [5.74, 6) is 0. The zero-order valence-corrected chi connectivity index (χ0v) is 14.8. The van der Waals surface area contributed by atoms with Gasteiger partial charge in [-0.05, 0) is 30.2 Å². The van der Waals surface area contributed by atoms with E-state index in [1.54, 1.807) is 12.1 Å². The lowest BCUT2D eigenvalue weighted by Gasteiger charge is -2.35. The molecule has 0 saturated carbocycles. The smallest absolute Gasteiger partial charge is 0.314 e. The van der Waals surface area contributed by atoms with Crippen LogP contribution in [0, 0.1) is 0 Å². The minimum atomic E-state index is -4.39. The molecule has 1 aliphatic rings. The van der Waals surface area contributed by atoms with Crippen LogP contribution in [-0.4, -0.2) is 31.1 Å². The fourth-order valence-corrected chi connectivity index (χ4v) is 2.86. The summed E-state index contributed by atoms with van der Waals surface area (Å²) < 4.78 is 38.8. The monoisotopic (exact) mass is 390 g/mol. The molecule has 1 fully saturated rings. The van der Waals surface area contributed by atoms with Crippen LogP contribution in [0.25, 0.3) is 0 Å². The van der Waals surface area contributed by atoms with Gasteiger partial charge in [-0.3, -0.25) is 4.90 Å². The van der Waals surface area contributed by atoms with Crippen molar-refractivity contribution in [3.05, 3.63) is 47.0 Å². The van der Waals surface area contributed by atoms with Gasteiger partial charge >= 0.3 is 6.18 Å². The molecule has 1 saturated heterocycles. The van der Waals surface area contributed by atoms with Crippen LogP contribution in [0.4, 0.5) is 13.2 Å². The Morgan fingerprint density at radius 2 is 1.83 bits per heavy atom. The highest BCUT2D eigenvalue weighted by Gasteiger charge is 2.32. The molecule has 0 aliphatic carbocycles. The Kier molecular flexibility index (Phi) is 9.55. The lowest BCUT2D eigenvalue weighted by Crippen LogP contribution is -2.45. The summed E-state index contributed by atoms with van der Waals surface area (Å²) in [6.07, 6.45) is -2.06. The Hall–Kier alpha value is -0.460. The predicted molar refractivity (Wildman–Crippen MR) is 92.9 cm³/mol. The topological polar surface area (TPSA) is 15.3 Å². The molecule has 23 heavy (non-hydrogen) atoms. The number of benzene rings is 1. The third-order valence-corrected chi connectivity index (χ3v) is 3.83. The molecule has 1 aromatic carbocycles. The number of halogens is 6. The van der Waals surface area contributed by atoms with Gasteiger partial charge in [-0.1, -0.05) is 17.7 Å². The van der Waals surface area contributed by atoms with E-state index >= 15 is 0 Å². The number of nitrogens with one attached hydrogen (secondary N) is 1. The summed E-state index contributed by atoms with van der Waals surface area (Å²) in [7, 11) is 0. The number of hydrogen-bond acceptors (Lipinski definition) is 2. The van der Waals surface area contributed by atoms with E-state index in [-0.39, 0.29) is 35.9 Å². The molecule has 2 rings (SSSR count). The van der Waals surface area contributed by atoms with Crippen molar-refractivity contribution in [3.63, 3.8) is 0 Å². The van der Waals surface area contributed by atoms with Crippen LogP contribution in [0.2, 0.25) is 5.02 Å². The van der Waals surface area contributed by atoms with Crippen molar-refractivity contribution in [1.29, 1.82) is 0 Å². The third-order valence-electron chi connectivity index (χ3n) is 3.61. The summed E-state index contributed by atoms with van der Waals surface area (Å²) in [4.78, 5) is 2.17. The summed E-state index contributed by atoms with van der Waals surface area (Å²) in [6.45, 7) is 6.98. The molecule has 1 heterocycles. The number of alkyl halides is 3. The highest BCUT2D eigenvalue weighted by Crippen LogP contribution is 2.35. The van der Waals surface area contributed by atoms with Crippen molar-refractivity contribution in [2.75, 3.05) is 26.2 Å². The van der Waals surface area contributed by atoms with Crippen LogP contribution in [0.1, 0.15) is 23.6 Å². The average molecular weight is 392 g/mol. The Balaban J connectivity index is 0.00000242. The Morgan fingerprint density at radius 1 is 1.22 bits per heavy atom. The zero-order chi connectivity index (χ0) is 15.5. The molecule has 2 nitrogen and oxygen atoms in total. The van der Waals surface area contributed by atoms with E-state index in [1.807, 2.05) is 0 Å². The standard InChI is InChI=1S/C15H18ClF3N2.2ClH/c1-2-3-14(21-6-4-20-5-7-21)11-8-12(15(17,18)19)10-13(16)9-11;;/h2,8-10,14,20H,1,3-7H2;2*1H/t14-;;/m0../s1. The molecule has 0 spiro atoms. The van der Waals surface area contributed by atoms with Crippen LogP contribution in [-0.2, 0) is 6.18 Å². The van der Waals surface area contributed by atoms with E-state index in [4.69, 9.17) is 11.6 Å². The molecular weight excluding hydrogens is 372 g/mol. The Labute approximate surface area is 151 Å². The normalized spacial score (nSPS) is 16.9. The number of piperazine rings is 1. The van der Waals surface area contributed by atoms with E-state index in [2.05, 4.69) is 16.8 Å². The van der Waals surface area contributed by atoms with Crippen LogP contribution in [0.3, 0.4) is 0 Å². The molecular formula is C15H20Cl3F3N2. The maximum atomic E-state index is 12.9. The highest BCUT2D eigenvalue weighted by atomic mass is 35.5. The fraction of sp³-hybridized carbons (Fsp3) is 0.467. The van der Waals surface area contributed by atoms with Crippen molar-refractivity contribution in [1.82, 2.24) is 10.2 Å². The van der Waals surface area contributed by atoms with Gasteiger partial charge < -0.3 is 5.32 Å². The number of hydrogen-bond donors (Lipinski definition) is 1. The van der Waals surface area contributed by atoms with Crippen molar-refractivity contribution in [2.24, 2.45) is 0 Å². The van der Waals surface area contributed by atoms with Gasteiger partial charge in [-0.15, -0.1) is 31.4 Å². The van der Waals surface area contributed by atoms with Crippen LogP contribution < -0.4 is 5.32 Å². The molecule has 0 unspecified atom stereocenters. The van der Waals surface area contributed by atoms with Crippen molar-refractivity contribution >= 4 is 36.4 Å². The van der Waals surface area contributed by atoms with Gasteiger partial charge in [0, 0.05) is 37.2 Å². The first kappa shape index (κ1) is 22.5. The van der Waals surface area contributed by atoms with Gasteiger partial charge in [0.1, 0.15) is 0 Å². The molecule has 1 atom stereocenters. The molecule has 132 valence electrons. The minimum Gasteiger partial charge on any atom is -0.314 e. The van der Waals surface area contributed by atoms with E-state index in [9.17, 15) is 13.2 Å². The van der Waals surface area contributed by atoms with E-state index in [0.717, 1.165) is 32.2 Å². The number of nitrogens with zero attached hydrogens (tertiary/aromatic N) is 1. The zero-order valence-electron chi connectivity index (χ0n) is 12.4. The second-order valence-electron chi connectivity index (χ2n) is 5.10. The largest absolute Gasteiger partial charge is 0.416 e. The molecule has 0 amide bonds. The number of rotatable bonds is 4. The first-order valence-electron chi connectivity index (χ1n) is 6.85. The maximum Gasteiger partial charge on any atom is 0.416 e. The lowest BCUT2D eigenvalue weighted by molar-refractivity contribution is -0.137. The van der Waals surface area contributed by atoms with Gasteiger partial charge in [0.2, 0.25) is 0 Å². The van der Waals surface area contributed by atoms with E-state index in [1.165, 1.54) is 6.07 Å². The average Bonchev–Trinajstić information content (AvgIpc) is 2.44. The summed E-state index contributed by atoms with van der Waals surface area (Å²) in [6, 6.07) is 3.66. The molecule has 0 bridgehead atoms. The van der Waals surface area contributed by atoms with Crippen molar-refractivity contribution in [2.45, 2.75) is 18.6 Å². The van der Waals surface area contributed by atoms with Gasteiger partial charge in [0.15, 0.2) is 0 Å². The first-order valence-corrected chi connectivity index (χ1v) is 7.23. The van der Waals surface area contributed by atoms with Gasteiger partial charge in [0.05, 0.1) is 5.56 Å². The second kappa shape index (κ2) is 9.74. The predicted octanol–water partition coefficient (Wildman–Crippen LogP) is 4.72. The molecule has 1 N–H and O–H groups in total. The van der Waals surface area contributed by atoms with Crippen molar-refractivity contribution in [3.8, 4) is 0 Å². The first-order chi connectivity index (χ1) is 9.91. The Bertz CT molecular complexity index is 503. The maximum absolute atomic E-state index is 12.9. The fourth-order valence-electron chi connectivity index (χ4n) is 2.62. The van der Waals surface area contributed by atoms with E-state index in [0.29, 0.717) is 12.0 Å². The molecule has 1 aromatic rings. The SMILES string of the molecule is C=CC[C@@H](c1cc(Cl)cc(C(F)(F)F)c1)N1CCNCC1.Cl.Cl. The summed E-state index contributed by atoms with van der Waals surface area (Å²) in [5, 5.41) is 3.35. The summed E-state index contributed by atoms with van der Waals surface area (Å²) >= 11 is 5.88. The van der Waals surface area contributed by atoms with Crippen LogP contribution >= 0.6 is 36.4 Å². The lowest BCUT2D eigenvalue weighted by atomic mass is 9.99. The highest BCUT2D eigenvalue weighted by molar-refractivity contribution is 6.30. The quantitative estimate of drug-likeness (QED) is 0.747. The van der Waals surface area contributed by atoms with E-state index < -0.39 is 11.7 Å². The van der Waals surface area contributed by atoms with Gasteiger partial charge in [0.25, 0.3) is 0 Å². The molecule has 0 radical (unpaired) electrons. The summed E-state index contributed by atoms with van der Waals surface area (Å²) in [5.41, 5.74) is -0.106. The van der Waals surface area contributed by atoms with Crippen LogP contribution in [0.15, 0.2) is 30.9 Å². The Morgan fingerprint density at radius 3 is 2.35 bits per heavy atom. The molecule has 8 heteroatoms. The third kappa shape index (κ3) is 6.16. The molecule has 1 aliphatic heterocycles. The van der Waals surface area contributed by atoms with Gasteiger partial charge in [-0.2, -0.15) is 13.2 Å².